The summed E-state index contributed by atoms with van der Waals surface area (Å²) in [6, 6.07) is 9.75. The average Bonchev–Trinajstić information content (AvgIpc) is 3.65. The second-order valence-electron chi connectivity index (χ2n) is 10.4. The van der Waals surface area contributed by atoms with Gasteiger partial charge in [0.15, 0.2) is 0 Å². The standard InChI is InChI=1S/C29H25Cl3F3N5O3/c1-29(7-8-29)27(42)36-12-14-3-5-17(30)25(24(14)32)39-28-38-20-10-16(22(43-13-23(34)35)11-21(20)40(28)2)26(41)37-15-4-6-19(33)18(31)9-15/h3-6,9-11,23H,7-8,12-13H2,1-2H3,(H,36,42)(H,37,41)(H,38,39). The van der Waals surface area contributed by atoms with Crippen molar-refractivity contribution in [3.63, 3.8) is 0 Å². The fourth-order valence-corrected chi connectivity index (χ4v) is 5.03. The molecule has 0 atom stereocenters. The molecule has 8 nitrogen and oxygen atoms in total. The van der Waals surface area contributed by atoms with E-state index in [0.717, 1.165) is 18.9 Å². The van der Waals surface area contributed by atoms with Gasteiger partial charge in [-0.3, -0.25) is 9.59 Å². The molecule has 1 fully saturated rings. The van der Waals surface area contributed by atoms with Gasteiger partial charge in [0.2, 0.25) is 11.9 Å². The normalized spacial score (nSPS) is 13.7. The number of aromatic nitrogens is 2. The van der Waals surface area contributed by atoms with E-state index in [1.807, 2.05) is 6.92 Å². The first kappa shape index (κ1) is 30.8. The third-order valence-corrected chi connectivity index (χ3v) is 8.20. The lowest BCUT2D eigenvalue weighted by Crippen LogP contribution is -2.29. The lowest BCUT2D eigenvalue weighted by atomic mass is 10.1. The van der Waals surface area contributed by atoms with Crippen molar-refractivity contribution >= 4 is 75.0 Å². The van der Waals surface area contributed by atoms with Gasteiger partial charge in [-0.05, 0) is 48.7 Å². The van der Waals surface area contributed by atoms with Crippen LogP contribution < -0.4 is 20.7 Å². The smallest absolute Gasteiger partial charge is 0.272 e. The Morgan fingerprint density at radius 2 is 1.84 bits per heavy atom. The quantitative estimate of drug-likeness (QED) is 0.163. The number of halogens is 6. The van der Waals surface area contributed by atoms with Crippen LogP contribution in [-0.4, -0.2) is 34.4 Å². The van der Waals surface area contributed by atoms with E-state index in [9.17, 15) is 22.8 Å². The maximum absolute atomic E-state index is 13.6. The number of nitrogens with one attached hydrogen (secondary N) is 3. The van der Waals surface area contributed by atoms with Crippen LogP contribution in [0, 0.1) is 11.2 Å². The van der Waals surface area contributed by atoms with Crippen LogP contribution in [-0.2, 0) is 18.4 Å². The number of anilines is 3. The molecule has 1 aliphatic carbocycles. The van der Waals surface area contributed by atoms with Crippen molar-refractivity contribution in [1.82, 2.24) is 14.9 Å². The zero-order chi connectivity index (χ0) is 31.1. The molecule has 0 radical (unpaired) electrons. The number of ether oxygens (including phenoxy) is 1. The van der Waals surface area contributed by atoms with Crippen LogP contribution >= 0.6 is 34.8 Å². The Morgan fingerprint density at radius 3 is 2.51 bits per heavy atom. The summed E-state index contributed by atoms with van der Waals surface area (Å²) in [5, 5.41) is 8.93. The number of carbonyl (C=O) groups excluding carboxylic acids is 2. The van der Waals surface area contributed by atoms with E-state index in [1.54, 1.807) is 23.7 Å². The molecule has 3 N–H and O–H groups in total. The van der Waals surface area contributed by atoms with Crippen LogP contribution in [0.25, 0.3) is 11.0 Å². The highest BCUT2D eigenvalue weighted by Gasteiger charge is 2.44. The summed E-state index contributed by atoms with van der Waals surface area (Å²) in [4.78, 5) is 30.1. The Hall–Kier alpha value is -3.67. The molecule has 1 saturated carbocycles. The van der Waals surface area contributed by atoms with Gasteiger partial charge in [-0.1, -0.05) is 47.8 Å². The lowest BCUT2D eigenvalue weighted by Gasteiger charge is -2.15. The topological polar surface area (TPSA) is 97.3 Å². The summed E-state index contributed by atoms with van der Waals surface area (Å²) < 4.78 is 46.5. The summed E-state index contributed by atoms with van der Waals surface area (Å²) in [7, 11) is 1.66. The number of alkyl halides is 2. The summed E-state index contributed by atoms with van der Waals surface area (Å²) in [6.45, 7) is 1.15. The first-order valence-corrected chi connectivity index (χ1v) is 14.2. The molecule has 0 unspecified atom stereocenters. The Balaban J connectivity index is 1.45. The monoisotopic (exact) mass is 653 g/mol. The number of hydrogen-bond acceptors (Lipinski definition) is 5. The lowest BCUT2D eigenvalue weighted by molar-refractivity contribution is -0.125. The van der Waals surface area contributed by atoms with Gasteiger partial charge < -0.3 is 25.3 Å². The zero-order valence-electron chi connectivity index (χ0n) is 22.8. The van der Waals surface area contributed by atoms with Crippen molar-refractivity contribution in [3.05, 3.63) is 74.5 Å². The minimum Gasteiger partial charge on any atom is -0.487 e. The van der Waals surface area contributed by atoms with Crippen LogP contribution in [0.1, 0.15) is 35.7 Å². The summed E-state index contributed by atoms with van der Waals surface area (Å²) in [5.74, 6) is -1.27. The molecule has 226 valence electrons. The maximum Gasteiger partial charge on any atom is 0.272 e. The summed E-state index contributed by atoms with van der Waals surface area (Å²) in [5.41, 5.74) is 1.50. The first-order valence-electron chi connectivity index (χ1n) is 13.1. The molecule has 0 saturated heterocycles. The number of aryl methyl sites for hydroxylation is 1. The third-order valence-electron chi connectivity index (χ3n) is 7.16. The number of imidazole rings is 1. The largest absolute Gasteiger partial charge is 0.487 e. The molecule has 0 bridgehead atoms. The van der Waals surface area contributed by atoms with Crippen molar-refractivity contribution in [2.45, 2.75) is 32.7 Å². The van der Waals surface area contributed by atoms with Gasteiger partial charge in [0.1, 0.15) is 18.2 Å². The van der Waals surface area contributed by atoms with Gasteiger partial charge in [-0.25, -0.2) is 18.2 Å². The van der Waals surface area contributed by atoms with Crippen LogP contribution in [0.4, 0.5) is 30.5 Å². The minimum absolute atomic E-state index is 0.0457. The van der Waals surface area contributed by atoms with E-state index in [2.05, 4.69) is 20.9 Å². The fourth-order valence-electron chi connectivity index (χ4n) is 4.31. The highest BCUT2D eigenvalue weighted by Crippen LogP contribution is 2.45. The SMILES string of the molecule is Cn1c(Nc2c(Cl)ccc(CNC(=O)C3(C)CC3)c2Cl)nc2cc(C(=O)Nc3ccc(F)c(Cl)c3)c(OCC(F)F)cc21. The van der Waals surface area contributed by atoms with Crippen LogP contribution in [0.2, 0.25) is 15.1 Å². The molecule has 2 amide bonds. The first-order chi connectivity index (χ1) is 20.4. The zero-order valence-corrected chi connectivity index (χ0v) is 25.1. The number of carbonyl (C=O) groups is 2. The predicted octanol–water partition coefficient (Wildman–Crippen LogP) is 7.73. The number of benzene rings is 3. The number of nitrogens with zero attached hydrogens (tertiary/aromatic N) is 2. The maximum atomic E-state index is 13.6. The predicted molar refractivity (Wildman–Crippen MR) is 161 cm³/mol. The van der Waals surface area contributed by atoms with Crippen LogP contribution in [0.15, 0.2) is 42.5 Å². The second-order valence-corrected chi connectivity index (χ2v) is 11.6. The summed E-state index contributed by atoms with van der Waals surface area (Å²) in [6.07, 6.45) is -1.11. The van der Waals surface area contributed by atoms with E-state index >= 15 is 0 Å². The van der Waals surface area contributed by atoms with Crippen LogP contribution in [0.5, 0.6) is 5.75 Å². The third kappa shape index (κ3) is 6.63. The molecule has 0 aliphatic heterocycles. The Labute approximate surface area is 259 Å². The van der Waals surface area contributed by atoms with Gasteiger partial charge in [0, 0.05) is 30.8 Å². The molecule has 43 heavy (non-hydrogen) atoms. The van der Waals surface area contributed by atoms with E-state index in [0.29, 0.717) is 27.3 Å². The number of fused-ring (bicyclic) bond motifs is 1. The number of amides is 2. The van der Waals surface area contributed by atoms with Gasteiger partial charge in [-0.2, -0.15) is 0 Å². The molecule has 5 rings (SSSR count). The highest BCUT2D eigenvalue weighted by molar-refractivity contribution is 6.39. The molecule has 4 aromatic rings. The molecule has 0 spiro atoms. The van der Waals surface area contributed by atoms with Gasteiger partial charge in [0.05, 0.1) is 37.4 Å². The Bertz CT molecular complexity index is 1740. The van der Waals surface area contributed by atoms with Crippen molar-refractivity contribution < 1.29 is 27.5 Å². The van der Waals surface area contributed by atoms with Crippen molar-refractivity contribution in [2.24, 2.45) is 12.5 Å². The van der Waals surface area contributed by atoms with Gasteiger partial charge in [-0.15, -0.1) is 0 Å². The fraction of sp³-hybridized carbons (Fsp3) is 0.276. The van der Waals surface area contributed by atoms with Crippen molar-refractivity contribution in [3.8, 4) is 5.75 Å². The van der Waals surface area contributed by atoms with Crippen LogP contribution in [0.3, 0.4) is 0 Å². The second kappa shape index (κ2) is 12.1. The number of hydrogen-bond donors (Lipinski definition) is 3. The van der Waals surface area contributed by atoms with E-state index in [-0.39, 0.29) is 50.9 Å². The van der Waals surface area contributed by atoms with Crippen molar-refractivity contribution in [2.75, 3.05) is 17.2 Å². The average molecular weight is 655 g/mol. The molecule has 1 aromatic heterocycles. The minimum atomic E-state index is -2.79. The molecule has 3 aromatic carbocycles. The summed E-state index contributed by atoms with van der Waals surface area (Å²) >= 11 is 19.0. The van der Waals surface area contributed by atoms with Gasteiger partial charge in [0.25, 0.3) is 12.3 Å². The Morgan fingerprint density at radius 1 is 1.09 bits per heavy atom. The molecular formula is C29H25Cl3F3N5O3. The van der Waals surface area contributed by atoms with Gasteiger partial charge >= 0.3 is 0 Å². The van der Waals surface area contributed by atoms with E-state index in [1.165, 1.54) is 24.3 Å². The highest BCUT2D eigenvalue weighted by atomic mass is 35.5. The number of rotatable bonds is 10. The van der Waals surface area contributed by atoms with E-state index < -0.39 is 24.8 Å². The molecule has 1 aliphatic rings. The van der Waals surface area contributed by atoms with E-state index in [4.69, 9.17) is 39.5 Å². The Kier molecular flexibility index (Phi) is 8.69. The van der Waals surface area contributed by atoms with Crippen molar-refractivity contribution in [1.29, 1.82) is 0 Å². The molecule has 14 heteroatoms. The molecular weight excluding hydrogens is 630 g/mol. The molecule has 1 heterocycles.